The van der Waals surface area contributed by atoms with Gasteiger partial charge in [-0.15, -0.1) is 6.42 Å². The molecule has 0 saturated heterocycles. The Morgan fingerprint density at radius 2 is 1.92 bits per heavy atom. The number of phosphoric acid groups is 1. The van der Waals surface area contributed by atoms with Crippen LogP contribution in [0, 0.1) is 12.3 Å². The van der Waals surface area contributed by atoms with Gasteiger partial charge >= 0.3 is 7.82 Å². The summed E-state index contributed by atoms with van der Waals surface area (Å²) in [6, 6.07) is 0. The van der Waals surface area contributed by atoms with E-state index >= 15 is 0 Å². The Morgan fingerprint density at radius 3 is 2.00 bits per heavy atom. The topological polar surface area (TPSA) is 66.8 Å². The number of hydrogen-bond donors (Lipinski definition) is 2. The van der Waals surface area contributed by atoms with Gasteiger partial charge in [0.1, 0.15) is 0 Å². The fraction of sp³-hybridized carbons (Fsp3) is 0.143. The van der Waals surface area contributed by atoms with Gasteiger partial charge in [-0.25, -0.2) is 4.57 Å². The lowest BCUT2D eigenvalue weighted by Crippen LogP contribution is -2.23. The first-order chi connectivity index (χ1) is 5.39. The van der Waals surface area contributed by atoms with Crippen molar-refractivity contribution in [3.05, 3.63) is 25.3 Å². The molecule has 12 heavy (non-hydrogen) atoms. The molecule has 66 valence electrons. The molecule has 0 saturated carbocycles. The minimum atomic E-state index is -4.62. The normalized spacial score (nSPS) is 11.8. The van der Waals surface area contributed by atoms with Crippen LogP contribution in [0.1, 0.15) is 0 Å². The Balaban J connectivity index is 4.80. The van der Waals surface area contributed by atoms with Crippen molar-refractivity contribution in [2.24, 2.45) is 0 Å². The maximum Gasteiger partial charge on any atom is 0.471 e. The second kappa shape index (κ2) is 3.70. The maximum absolute atomic E-state index is 10.4. The average molecular weight is 188 g/mol. The van der Waals surface area contributed by atoms with E-state index in [1.54, 1.807) is 0 Å². The van der Waals surface area contributed by atoms with E-state index in [4.69, 9.17) is 16.2 Å². The third-order valence-corrected chi connectivity index (χ3v) is 1.64. The lowest BCUT2D eigenvalue weighted by molar-refractivity contribution is 0.149. The molecule has 0 bridgehead atoms. The van der Waals surface area contributed by atoms with Crippen LogP contribution in [-0.2, 0) is 9.09 Å². The molecule has 0 amide bonds. The number of terminal acetylenes is 1. The highest BCUT2D eigenvalue weighted by Crippen LogP contribution is 2.41. The summed E-state index contributed by atoms with van der Waals surface area (Å²) < 4.78 is 14.7. The fourth-order valence-corrected chi connectivity index (χ4v) is 1.09. The van der Waals surface area contributed by atoms with Crippen LogP contribution >= 0.6 is 7.82 Å². The smallest absolute Gasteiger partial charge is 0.303 e. The van der Waals surface area contributed by atoms with Crippen LogP contribution in [0.4, 0.5) is 0 Å². The Morgan fingerprint density at radius 1 is 1.50 bits per heavy atom. The monoisotopic (exact) mass is 188 g/mol. The first-order valence-corrected chi connectivity index (χ1v) is 4.43. The van der Waals surface area contributed by atoms with E-state index in [1.165, 1.54) is 0 Å². The van der Waals surface area contributed by atoms with E-state index in [0.29, 0.717) is 0 Å². The largest absolute Gasteiger partial charge is 0.471 e. The summed E-state index contributed by atoms with van der Waals surface area (Å²) in [6.45, 7) is 6.55. The van der Waals surface area contributed by atoms with Crippen LogP contribution in [-0.4, -0.2) is 15.4 Å². The van der Waals surface area contributed by atoms with Gasteiger partial charge in [-0.05, 0) is 12.2 Å². The molecule has 0 atom stereocenters. The summed E-state index contributed by atoms with van der Waals surface area (Å²) in [5, 5.41) is 0. The van der Waals surface area contributed by atoms with Gasteiger partial charge < -0.3 is 9.79 Å². The molecule has 2 N–H and O–H groups in total. The second-order valence-corrected chi connectivity index (χ2v) is 3.09. The SMILES string of the molecule is C#CC(C=C)(C=C)OP(=O)(O)O. The number of phosphoric ester groups is 1. The Labute approximate surface area is 70.8 Å². The number of rotatable bonds is 4. The molecule has 0 heterocycles. The lowest BCUT2D eigenvalue weighted by atomic mass is 10.1. The summed E-state index contributed by atoms with van der Waals surface area (Å²) in [4.78, 5) is 16.9. The average Bonchev–Trinajstić information content (AvgIpc) is 1.99. The molecular formula is C7H9O4P. The second-order valence-electron chi connectivity index (χ2n) is 1.93. The van der Waals surface area contributed by atoms with Gasteiger partial charge in [0.15, 0.2) is 5.60 Å². The molecule has 0 aromatic heterocycles. The zero-order chi connectivity index (χ0) is 9.83. The number of hydrogen-bond acceptors (Lipinski definition) is 2. The van der Waals surface area contributed by atoms with E-state index in [-0.39, 0.29) is 0 Å². The van der Waals surface area contributed by atoms with Crippen LogP contribution < -0.4 is 0 Å². The summed E-state index contributed by atoms with van der Waals surface area (Å²) in [6.07, 6.45) is 7.14. The van der Waals surface area contributed by atoms with E-state index in [1.807, 2.05) is 5.92 Å². The van der Waals surface area contributed by atoms with Gasteiger partial charge in [0.2, 0.25) is 0 Å². The molecule has 0 aromatic carbocycles. The van der Waals surface area contributed by atoms with Crippen LogP contribution in [0.2, 0.25) is 0 Å². The third-order valence-electron chi connectivity index (χ3n) is 1.10. The molecule has 0 radical (unpaired) electrons. The van der Waals surface area contributed by atoms with E-state index < -0.39 is 13.4 Å². The Bertz CT molecular complexity index is 262. The summed E-state index contributed by atoms with van der Waals surface area (Å²) in [5.74, 6) is 2.02. The lowest BCUT2D eigenvalue weighted by Gasteiger charge is -2.20. The zero-order valence-corrected chi connectivity index (χ0v) is 7.20. The standard InChI is InChI=1S/C7H9O4P/c1-4-7(5-2,6-3)11-12(8,9)10/h1,5-6H,2-3H2,(H2,8,9,10). The van der Waals surface area contributed by atoms with Gasteiger partial charge in [0, 0.05) is 0 Å². The molecule has 0 aliphatic rings. The first kappa shape index (κ1) is 11.2. The van der Waals surface area contributed by atoms with Crippen molar-refractivity contribution in [2.45, 2.75) is 5.60 Å². The summed E-state index contributed by atoms with van der Waals surface area (Å²) in [5.41, 5.74) is -1.60. The van der Waals surface area contributed by atoms with Gasteiger partial charge in [0.05, 0.1) is 0 Å². The molecule has 0 spiro atoms. The molecule has 4 nitrogen and oxygen atoms in total. The van der Waals surface area contributed by atoms with Crippen molar-refractivity contribution in [1.29, 1.82) is 0 Å². The maximum atomic E-state index is 10.4. The Hall–Kier alpha value is -0.850. The molecule has 5 heteroatoms. The van der Waals surface area contributed by atoms with Gasteiger partial charge in [0.25, 0.3) is 0 Å². The van der Waals surface area contributed by atoms with Crippen molar-refractivity contribution in [3.63, 3.8) is 0 Å². The van der Waals surface area contributed by atoms with Crippen molar-refractivity contribution in [3.8, 4) is 12.3 Å². The van der Waals surface area contributed by atoms with Crippen molar-refractivity contribution in [1.82, 2.24) is 0 Å². The van der Waals surface area contributed by atoms with Crippen LogP contribution in [0.3, 0.4) is 0 Å². The van der Waals surface area contributed by atoms with Gasteiger partial charge in [-0.2, -0.15) is 0 Å². The van der Waals surface area contributed by atoms with E-state index in [2.05, 4.69) is 17.7 Å². The minimum absolute atomic E-state index is 1.08. The summed E-state index contributed by atoms with van der Waals surface area (Å²) in [7, 11) is -4.62. The molecule has 0 aromatic rings. The molecular weight excluding hydrogens is 179 g/mol. The molecule has 0 unspecified atom stereocenters. The van der Waals surface area contributed by atoms with Crippen LogP contribution in [0.5, 0.6) is 0 Å². The molecule has 0 fully saturated rings. The zero-order valence-electron chi connectivity index (χ0n) is 6.30. The van der Waals surface area contributed by atoms with E-state index in [9.17, 15) is 4.57 Å². The molecule has 0 aliphatic heterocycles. The summed E-state index contributed by atoms with van der Waals surface area (Å²) >= 11 is 0. The van der Waals surface area contributed by atoms with Crippen molar-refractivity contribution in [2.75, 3.05) is 0 Å². The van der Waals surface area contributed by atoms with Crippen molar-refractivity contribution < 1.29 is 18.9 Å². The van der Waals surface area contributed by atoms with Gasteiger partial charge in [-0.3, -0.25) is 4.52 Å². The highest BCUT2D eigenvalue weighted by atomic mass is 31.2. The van der Waals surface area contributed by atoms with Crippen LogP contribution in [0.25, 0.3) is 0 Å². The highest BCUT2D eigenvalue weighted by molar-refractivity contribution is 7.46. The van der Waals surface area contributed by atoms with Crippen LogP contribution in [0.15, 0.2) is 25.3 Å². The molecule has 0 rings (SSSR count). The van der Waals surface area contributed by atoms with Crippen molar-refractivity contribution >= 4 is 7.82 Å². The fourth-order valence-electron chi connectivity index (χ4n) is 0.499. The minimum Gasteiger partial charge on any atom is -0.303 e. The van der Waals surface area contributed by atoms with E-state index in [0.717, 1.165) is 12.2 Å². The Kier molecular flexibility index (Phi) is 3.44. The highest BCUT2D eigenvalue weighted by Gasteiger charge is 2.30. The molecule has 0 aliphatic carbocycles. The predicted molar refractivity (Wildman–Crippen MR) is 45.1 cm³/mol. The van der Waals surface area contributed by atoms with Gasteiger partial charge in [-0.1, -0.05) is 19.1 Å². The predicted octanol–water partition coefficient (Wildman–Crippen LogP) is 0.840. The third kappa shape index (κ3) is 3.04. The quantitative estimate of drug-likeness (QED) is 0.389. The first-order valence-electron chi connectivity index (χ1n) is 2.90.